The van der Waals surface area contributed by atoms with Crippen molar-refractivity contribution < 1.29 is 9.59 Å². The highest BCUT2D eigenvalue weighted by Gasteiger charge is 2.26. The number of amides is 2. The van der Waals surface area contributed by atoms with Crippen LogP contribution in [0.3, 0.4) is 0 Å². The van der Waals surface area contributed by atoms with Gasteiger partial charge in [-0.15, -0.1) is 0 Å². The molecule has 178 valence electrons. The standard InChI is InChI=1S/C27H38N4O2/c1-4-23(21-11-6-5-7-12-21)27(33)29-22-15-19-31(20-16-22)25-14-9-8-13-24(25)26(32)28-17-10-18-30(2)3/h5-9,11-14,22-23H,4,10,15-20H2,1-3H3,(H,28,32)(H,29,33). The van der Waals surface area contributed by atoms with Gasteiger partial charge >= 0.3 is 0 Å². The number of carbonyl (C=O) groups is 2. The van der Waals surface area contributed by atoms with E-state index < -0.39 is 0 Å². The quantitative estimate of drug-likeness (QED) is 0.543. The molecular formula is C27H38N4O2. The summed E-state index contributed by atoms with van der Waals surface area (Å²) in [7, 11) is 4.07. The first-order valence-electron chi connectivity index (χ1n) is 12.1. The lowest BCUT2D eigenvalue weighted by atomic mass is 9.94. The number of nitrogens with one attached hydrogen (secondary N) is 2. The molecule has 1 atom stereocenters. The Morgan fingerprint density at radius 1 is 1.03 bits per heavy atom. The molecule has 0 saturated carbocycles. The number of hydrogen-bond acceptors (Lipinski definition) is 4. The Bertz CT molecular complexity index is 892. The summed E-state index contributed by atoms with van der Waals surface area (Å²) in [5.41, 5.74) is 2.77. The molecular weight excluding hydrogens is 412 g/mol. The summed E-state index contributed by atoms with van der Waals surface area (Å²) in [6.07, 6.45) is 3.45. The van der Waals surface area contributed by atoms with Gasteiger partial charge in [-0.3, -0.25) is 9.59 Å². The molecule has 1 heterocycles. The minimum absolute atomic E-state index is 0.0200. The van der Waals surface area contributed by atoms with Gasteiger partial charge < -0.3 is 20.4 Å². The van der Waals surface area contributed by atoms with Gasteiger partial charge in [0.1, 0.15) is 0 Å². The van der Waals surface area contributed by atoms with Crippen LogP contribution in [-0.2, 0) is 4.79 Å². The van der Waals surface area contributed by atoms with Gasteiger partial charge in [-0.05, 0) is 64.0 Å². The normalized spacial score (nSPS) is 15.3. The summed E-state index contributed by atoms with van der Waals surface area (Å²) in [5, 5.41) is 6.33. The number of hydrogen-bond donors (Lipinski definition) is 2. The summed E-state index contributed by atoms with van der Waals surface area (Å²) in [6, 6.07) is 18.0. The summed E-state index contributed by atoms with van der Waals surface area (Å²) in [6.45, 7) is 5.31. The van der Waals surface area contributed by atoms with E-state index in [2.05, 4.69) is 27.4 Å². The maximum atomic E-state index is 12.9. The Kier molecular flexibility index (Phi) is 9.31. The lowest BCUT2D eigenvalue weighted by Gasteiger charge is -2.35. The van der Waals surface area contributed by atoms with Crippen molar-refractivity contribution in [1.82, 2.24) is 15.5 Å². The zero-order chi connectivity index (χ0) is 23.6. The molecule has 2 amide bonds. The van der Waals surface area contributed by atoms with Gasteiger partial charge in [0.15, 0.2) is 0 Å². The van der Waals surface area contributed by atoms with Crippen LogP contribution >= 0.6 is 0 Å². The van der Waals surface area contributed by atoms with Crippen molar-refractivity contribution >= 4 is 17.5 Å². The van der Waals surface area contributed by atoms with Gasteiger partial charge in [-0.25, -0.2) is 0 Å². The molecule has 2 aromatic rings. The Morgan fingerprint density at radius 2 is 1.70 bits per heavy atom. The summed E-state index contributed by atoms with van der Waals surface area (Å²) < 4.78 is 0. The van der Waals surface area contributed by atoms with E-state index in [0.29, 0.717) is 6.54 Å². The maximum Gasteiger partial charge on any atom is 0.253 e. The van der Waals surface area contributed by atoms with Crippen molar-refractivity contribution in [1.29, 1.82) is 0 Å². The molecule has 0 aromatic heterocycles. The SMILES string of the molecule is CCC(C(=O)NC1CCN(c2ccccc2C(=O)NCCCN(C)C)CC1)c1ccccc1. The molecule has 33 heavy (non-hydrogen) atoms. The molecule has 1 aliphatic heterocycles. The zero-order valence-electron chi connectivity index (χ0n) is 20.2. The van der Waals surface area contributed by atoms with E-state index >= 15 is 0 Å². The third kappa shape index (κ3) is 7.06. The minimum atomic E-state index is -0.110. The Labute approximate surface area is 198 Å². The molecule has 2 aromatic carbocycles. The fourth-order valence-corrected chi connectivity index (χ4v) is 4.46. The van der Waals surface area contributed by atoms with Crippen molar-refractivity contribution in [2.45, 2.75) is 44.6 Å². The lowest BCUT2D eigenvalue weighted by molar-refractivity contribution is -0.123. The van der Waals surface area contributed by atoms with Crippen LogP contribution in [-0.4, -0.2) is 63.0 Å². The van der Waals surface area contributed by atoms with E-state index in [1.54, 1.807) is 0 Å². The lowest BCUT2D eigenvalue weighted by Crippen LogP contribution is -2.46. The first-order valence-corrected chi connectivity index (χ1v) is 12.1. The number of carbonyl (C=O) groups excluding carboxylic acids is 2. The van der Waals surface area contributed by atoms with Gasteiger partial charge in [-0.2, -0.15) is 0 Å². The van der Waals surface area contributed by atoms with Gasteiger partial charge in [0, 0.05) is 31.4 Å². The third-order valence-corrected chi connectivity index (χ3v) is 6.33. The van der Waals surface area contributed by atoms with Crippen LogP contribution in [0.5, 0.6) is 0 Å². The van der Waals surface area contributed by atoms with Crippen LogP contribution in [0.25, 0.3) is 0 Å². The predicted octanol–water partition coefficient (Wildman–Crippen LogP) is 3.65. The topological polar surface area (TPSA) is 64.7 Å². The molecule has 1 unspecified atom stereocenters. The Morgan fingerprint density at radius 3 is 2.36 bits per heavy atom. The van der Waals surface area contributed by atoms with Crippen LogP contribution in [0.15, 0.2) is 54.6 Å². The van der Waals surface area contributed by atoms with E-state index in [0.717, 1.165) is 62.1 Å². The van der Waals surface area contributed by atoms with E-state index in [4.69, 9.17) is 0 Å². The summed E-state index contributed by atoms with van der Waals surface area (Å²) in [5.74, 6) is -0.0192. The average Bonchev–Trinajstić information content (AvgIpc) is 2.83. The molecule has 3 rings (SSSR count). The first-order chi connectivity index (χ1) is 16.0. The zero-order valence-corrected chi connectivity index (χ0v) is 20.2. The molecule has 1 aliphatic rings. The number of nitrogens with zero attached hydrogens (tertiary/aromatic N) is 2. The van der Waals surface area contributed by atoms with Crippen molar-refractivity contribution in [2.24, 2.45) is 0 Å². The third-order valence-electron chi connectivity index (χ3n) is 6.33. The van der Waals surface area contributed by atoms with Gasteiger partial charge in [0.2, 0.25) is 5.91 Å². The molecule has 2 N–H and O–H groups in total. The minimum Gasteiger partial charge on any atom is -0.371 e. The number of para-hydroxylation sites is 1. The average molecular weight is 451 g/mol. The van der Waals surface area contributed by atoms with Crippen molar-refractivity contribution in [2.75, 3.05) is 45.2 Å². The Hall–Kier alpha value is -2.86. The second-order valence-corrected chi connectivity index (χ2v) is 9.07. The van der Waals surface area contributed by atoms with Crippen LogP contribution in [0.4, 0.5) is 5.69 Å². The van der Waals surface area contributed by atoms with Crippen molar-refractivity contribution in [3.05, 3.63) is 65.7 Å². The number of piperidine rings is 1. The molecule has 0 spiro atoms. The molecule has 1 fully saturated rings. The number of rotatable bonds is 10. The Balaban J connectivity index is 1.54. The van der Waals surface area contributed by atoms with Gasteiger partial charge in [0.05, 0.1) is 11.5 Å². The number of benzene rings is 2. The fourth-order valence-electron chi connectivity index (χ4n) is 4.46. The highest BCUT2D eigenvalue weighted by molar-refractivity contribution is 5.99. The maximum absolute atomic E-state index is 12.9. The van der Waals surface area contributed by atoms with Gasteiger partial charge in [0.25, 0.3) is 5.91 Å². The second-order valence-electron chi connectivity index (χ2n) is 9.07. The highest BCUT2D eigenvalue weighted by Crippen LogP contribution is 2.25. The van der Waals surface area contributed by atoms with E-state index in [1.807, 2.05) is 68.7 Å². The first kappa shape index (κ1) is 24.8. The van der Waals surface area contributed by atoms with E-state index in [1.165, 1.54) is 0 Å². The van der Waals surface area contributed by atoms with Gasteiger partial charge in [-0.1, -0.05) is 49.4 Å². The molecule has 6 heteroatoms. The van der Waals surface area contributed by atoms with Crippen LogP contribution < -0.4 is 15.5 Å². The fraction of sp³-hybridized carbons (Fsp3) is 0.481. The summed E-state index contributed by atoms with van der Waals surface area (Å²) >= 11 is 0. The highest BCUT2D eigenvalue weighted by atomic mass is 16.2. The molecule has 0 bridgehead atoms. The second kappa shape index (κ2) is 12.4. The van der Waals surface area contributed by atoms with Crippen molar-refractivity contribution in [3.8, 4) is 0 Å². The van der Waals surface area contributed by atoms with Crippen molar-refractivity contribution in [3.63, 3.8) is 0 Å². The molecule has 6 nitrogen and oxygen atoms in total. The predicted molar refractivity (Wildman–Crippen MR) is 135 cm³/mol. The monoisotopic (exact) mass is 450 g/mol. The van der Waals surface area contributed by atoms with E-state index in [-0.39, 0.29) is 23.8 Å². The van der Waals surface area contributed by atoms with Crippen LogP contribution in [0.2, 0.25) is 0 Å². The number of anilines is 1. The molecule has 0 radical (unpaired) electrons. The molecule has 1 saturated heterocycles. The summed E-state index contributed by atoms with van der Waals surface area (Å²) in [4.78, 5) is 30.1. The van der Waals surface area contributed by atoms with E-state index in [9.17, 15) is 9.59 Å². The smallest absolute Gasteiger partial charge is 0.253 e. The molecule has 0 aliphatic carbocycles. The van der Waals surface area contributed by atoms with Crippen LogP contribution in [0, 0.1) is 0 Å². The van der Waals surface area contributed by atoms with Crippen LogP contribution in [0.1, 0.15) is 54.4 Å². The largest absolute Gasteiger partial charge is 0.371 e.